The van der Waals surface area contributed by atoms with Crippen LogP contribution in [0.5, 0.6) is 0 Å². The SMILES string of the molecule is CNCCNCCC(=O)C(=O)NCCCCCCCCC(=O)O. The summed E-state index contributed by atoms with van der Waals surface area (Å²) >= 11 is 0. The monoisotopic (exact) mass is 329 g/mol. The normalized spacial score (nSPS) is 10.5. The summed E-state index contributed by atoms with van der Waals surface area (Å²) in [5.41, 5.74) is 0. The minimum absolute atomic E-state index is 0.221. The number of carboxylic acids is 1. The van der Waals surface area contributed by atoms with Crippen molar-refractivity contribution in [2.24, 2.45) is 0 Å². The fraction of sp³-hybridized carbons (Fsp3) is 0.812. The Kier molecular flexibility index (Phi) is 14.4. The quantitative estimate of drug-likeness (QED) is 0.245. The van der Waals surface area contributed by atoms with E-state index in [1.165, 1.54) is 0 Å². The Bertz CT molecular complexity index is 348. The van der Waals surface area contributed by atoms with E-state index in [0.29, 0.717) is 13.1 Å². The molecule has 0 aliphatic rings. The summed E-state index contributed by atoms with van der Waals surface area (Å²) in [6, 6.07) is 0. The highest BCUT2D eigenvalue weighted by Crippen LogP contribution is 2.06. The molecule has 0 bridgehead atoms. The number of aliphatic carboxylic acids is 1. The summed E-state index contributed by atoms with van der Waals surface area (Å²) < 4.78 is 0. The molecule has 0 unspecified atom stereocenters. The lowest BCUT2D eigenvalue weighted by Crippen LogP contribution is -2.34. The van der Waals surface area contributed by atoms with E-state index in [1.54, 1.807) is 0 Å². The first-order chi connectivity index (χ1) is 11.1. The third-order valence-electron chi connectivity index (χ3n) is 3.44. The molecule has 0 fully saturated rings. The van der Waals surface area contributed by atoms with Gasteiger partial charge in [0.2, 0.25) is 5.78 Å². The van der Waals surface area contributed by atoms with E-state index in [9.17, 15) is 14.4 Å². The van der Waals surface area contributed by atoms with E-state index in [4.69, 9.17) is 5.11 Å². The molecule has 4 N–H and O–H groups in total. The Hall–Kier alpha value is -1.47. The van der Waals surface area contributed by atoms with Crippen molar-refractivity contribution in [2.75, 3.05) is 33.2 Å². The molecule has 0 aromatic carbocycles. The molecule has 0 aliphatic heterocycles. The van der Waals surface area contributed by atoms with Crippen LogP contribution in [-0.2, 0) is 14.4 Å². The lowest BCUT2D eigenvalue weighted by molar-refractivity contribution is -0.137. The Morgan fingerprint density at radius 1 is 0.783 bits per heavy atom. The molecule has 0 aliphatic carbocycles. The first-order valence-electron chi connectivity index (χ1n) is 8.46. The third-order valence-corrected chi connectivity index (χ3v) is 3.44. The van der Waals surface area contributed by atoms with Crippen LogP contribution in [0.25, 0.3) is 0 Å². The van der Waals surface area contributed by atoms with Gasteiger partial charge in [-0.25, -0.2) is 0 Å². The maximum Gasteiger partial charge on any atom is 0.303 e. The largest absolute Gasteiger partial charge is 0.481 e. The Labute approximate surface area is 138 Å². The van der Waals surface area contributed by atoms with Crippen molar-refractivity contribution in [1.29, 1.82) is 0 Å². The van der Waals surface area contributed by atoms with Crippen LogP contribution in [0, 0.1) is 0 Å². The number of carbonyl (C=O) groups excluding carboxylic acids is 2. The van der Waals surface area contributed by atoms with Crippen LogP contribution in [0.3, 0.4) is 0 Å². The Balaban J connectivity index is 3.38. The first kappa shape index (κ1) is 21.5. The van der Waals surface area contributed by atoms with E-state index >= 15 is 0 Å². The second-order valence-electron chi connectivity index (χ2n) is 5.55. The number of likely N-dealkylation sites (N-methyl/N-ethyl adjacent to an activating group) is 1. The summed E-state index contributed by atoms with van der Waals surface area (Å²) in [5, 5.41) is 17.2. The van der Waals surface area contributed by atoms with E-state index in [0.717, 1.165) is 51.6 Å². The highest BCUT2D eigenvalue weighted by atomic mass is 16.4. The molecule has 0 radical (unpaired) electrons. The van der Waals surface area contributed by atoms with Crippen LogP contribution >= 0.6 is 0 Å². The van der Waals surface area contributed by atoms with Crippen LogP contribution in [-0.4, -0.2) is 56.0 Å². The molecule has 7 nitrogen and oxygen atoms in total. The molecule has 0 heterocycles. The molecule has 134 valence electrons. The molecule has 0 saturated carbocycles. The molecule has 0 spiro atoms. The maximum atomic E-state index is 11.6. The molecule has 0 aromatic heterocycles. The topological polar surface area (TPSA) is 108 Å². The summed E-state index contributed by atoms with van der Waals surface area (Å²) in [5.74, 6) is -1.62. The van der Waals surface area contributed by atoms with Gasteiger partial charge in [0, 0.05) is 39.0 Å². The number of amides is 1. The van der Waals surface area contributed by atoms with Gasteiger partial charge in [-0.05, 0) is 19.9 Å². The van der Waals surface area contributed by atoms with Crippen molar-refractivity contribution in [1.82, 2.24) is 16.0 Å². The number of hydrogen-bond acceptors (Lipinski definition) is 5. The number of hydrogen-bond donors (Lipinski definition) is 4. The predicted octanol–water partition coefficient (Wildman–Crippen LogP) is 0.686. The van der Waals surface area contributed by atoms with Crippen LogP contribution in [0.15, 0.2) is 0 Å². The second kappa shape index (κ2) is 15.4. The lowest BCUT2D eigenvalue weighted by Gasteiger charge is -2.06. The lowest BCUT2D eigenvalue weighted by atomic mass is 10.1. The summed E-state index contributed by atoms with van der Waals surface area (Å²) in [6.45, 7) is 2.64. The van der Waals surface area contributed by atoms with Crippen molar-refractivity contribution in [3.05, 3.63) is 0 Å². The van der Waals surface area contributed by atoms with Gasteiger partial charge in [-0.3, -0.25) is 14.4 Å². The van der Waals surface area contributed by atoms with Gasteiger partial charge in [0.15, 0.2) is 0 Å². The van der Waals surface area contributed by atoms with Crippen LogP contribution < -0.4 is 16.0 Å². The van der Waals surface area contributed by atoms with Crippen LogP contribution in [0.4, 0.5) is 0 Å². The number of nitrogens with one attached hydrogen (secondary N) is 3. The zero-order valence-electron chi connectivity index (χ0n) is 14.2. The van der Waals surface area contributed by atoms with Gasteiger partial charge in [0.1, 0.15) is 0 Å². The highest BCUT2D eigenvalue weighted by molar-refractivity contribution is 6.36. The second-order valence-corrected chi connectivity index (χ2v) is 5.55. The molecular formula is C16H31N3O4. The average Bonchev–Trinajstić information content (AvgIpc) is 2.52. The molecule has 0 atom stereocenters. The summed E-state index contributed by atoms with van der Waals surface area (Å²) in [6.07, 6.45) is 5.98. The van der Waals surface area contributed by atoms with Crippen molar-refractivity contribution in [3.8, 4) is 0 Å². The zero-order valence-corrected chi connectivity index (χ0v) is 14.2. The maximum absolute atomic E-state index is 11.6. The van der Waals surface area contributed by atoms with Gasteiger partial charge in [0.25, 0.3) is 5.91 Å². The predicted molar refractivity (Wildman–Crippen MR) is 89.4 cm³/mol. The fourth-order valence-electron chi connectivity index (χ4n) is 2.06. The Morgan fingerprint density at radius 2 is 1.43 bits per heavy atom. The first-order valence-corrected chi connectivity index (χ1v) is 8.46. The number of unbranched alkanes of at least 4 members (excludes halogenated alkanes) is 5. The highest BCUT2D eigenvalue weighted by Gasteiger charge is 2.11. The smallest absolute Gasteiger partial charge is 0.303 e. The van der Waals surface area contributed by atoms with Crippen molar-refractivity contribution in [2.45, 2.75) is 51.4 Å². The van der Waals surface area contributed by atoms with Crippen molar-refractivity contribution in [3.63, 3.8) is 0 Å². The van der Waals surface area contributed by atoms with Crippen molar-refractivity contribution >= 4 is 17.7 Å². The van der Waals surface area contributed by atoms with Crippen LogP contribution in [0.1, 0.15) is 51.4 Å². The number of carboxylic acid groups (broad SMARTS) is 1. The van der Waals surface area contributed by atoms with E-state index in [2.05, 4.69) is 16.0 Å². The van der Waals surface area contributed by atoms with E-state index in [1.807, 2.05) is 7.05 Å². The number of rotatable bonds is 16. The number of carbonyl (C=O) groups is 3. The molecular weight excluding hydrogens is 298 g/mol. The van der Waals surface area contributed by atoms with Crippen LogP contribution in [0.2, 0.25) is 0 Å². The molecule has 0 aromatic rings. The van der Waals surface area contributed by atoms with Gasteiger partial charge < -0.3 is 21.1 Å². The van der Waals surface area contributed by atoms with E-state index < -0.39 is 11.9 Å². The van der Waals surface area contributed by atoms with Gasteiger partial charge in [-0.2, -0.15) is 0 Å². The third kappa shape index (κ3) is 15.2. The van der Waals surface area contributed by atoms with Gasteiger partial charge in [-0.15, -0.1) is 0 Å². The minimum atomic E-state index is -0.741. The van der Waals surface area contributed by atoms with Gasteiger partial charge >= 0.3 is 5.97 Å². The summed E-state index contributed by atoms with van der Waals surface area (Å²) in [7, 11) is 1.86. The molecule has 0 saturated heterocycles. The average molecular weight is 329 g/mol. The van der Waals surface area contributed by atoms with E-state index in [-0.39, 0.29) is 18.6 Å². The van der Waals surface area contributed by atoms with Gasteiger partial charge in [-0.1, -0.05) is 25.7 Å². The number of ketones is 1. The molecule has 7 heteroatoms. The minimum Gasteiger partial charge on any atom is -0.481 e. The molecule has 1 amide bonds. The Morgan fingerprint density at radius 3 is 2.09 bits per heavy atom. The molecule has 23 heavy (non-hydrogen) atoms. The zero-order chi connectivity index (χ0) is 17.3. The fourth-order valence-corrected chi connectivity index (χ4v) is 2.06. The summed E-state index contributed by atoms with van der Waals surface area (Å²) in [4.78, 5) is 33.4. The van der Waals surface area contributed by atoms with Gasteiger partial charge in [0.05, 0.1) is 0 Å². The van der Waals surface area contributed by atoms with Crippen molar-refractivity contribution < 1.29 is 19.5 Å². The standard InChI is InChI=1S/C16H31N3O4/c1-17-12-13-18-11-9-14(20)16(23)19-10-7-5-3-2-4-6-8-15(21)22/h17-18H,2-13H2,1H3,(H,19,23)(H,21,22). The molecule has 0 rings (SSSR count). The number of Topliss-reactive ketones (excluding diaryl/α,β-unsaturated/α-hetero) is 1.